The number of urea groups is 1. The van der Waals surface area contributed by atoms with Gasteiger partial charge in [0, 0.05) is 56.4 Å². The number of anilines is 1. The summed E-state index contributed by atoms with van der Waals surface area (Å²) >= 11 is 13.9. The number of nitrogens with zero attached hydrogens (tertiary/aromatic N) is 3. The second kappa shape index (κ2) is 11.0. The number of rotatable bonds is 6. The number of carbonyl (C=O) groups is 1. The van der Waals surface area contributed by atoms with E-state index in [1.54, 1.807) is 18.2 Å². The lowest BCUT2D eigenvalue weighted by Crippen LogP contribution is -2.52. The number of piperazine rings is 1. The molecule has 5 nitrogen and oxygen atoms in total. The second-order valence-electron chi connectivity index (χ2n) is 8.48. The highest BCUT2D eigenvalue weighted by Crippen LogP contribution is 2.25. The maximum atomic E-state index is 12.6. The van der Waals surface area contributed by atoms with Crippen LogP contribution in [0.3, 0.4) is 0 Å². The summed E-state index contributed by atoms with van der Waals surface area (Å²) < 4.78 is 0. The van der Waals surface area contributed by atoms with Crippen molar-refractivity contribution in [1.29, 1.82) is 0 Å². The SMILES string of the molecule is O=C(Nc1ccc(Cl)c(Cl)c1)N1CCN(C[C@@H]2CCCN(CCc3cccs3)C2)CC1. The first-order valence-corrected chi connectivity index (χ1v) is 12.7. The summed E-state index contributed by atoms with van der Waals surface area (Å²) in [5.41, 5.74) is 0.673. The van der Waals surface area contributed by atoms with Crippen LogP contribution in [-0.4, -0.2) is 73.1 Å². The number of nitrogens with one attached hydrogen (secondary N) is 1. The number of piperidine rings is 1. The molecule has 1 N–H and O–H groups in total. The Labute approximate surface area is 198 Å². The summed E-state index contributed by atoms with van der Waals surface area (Å²) in [5.74, 6) is 0.730. The van der Waals surface area contributed by atoms with E-state index in [1.165, 1.54) is 37.4 Å². The van der Waals surface area contributed by atoms with Crippen LogP contribution >= 0.6 is 34.5 Å². The standard InChI is InChI=1S/C23H30Cl2N4OS/c24-21-6-5-19(15-22(21)25)26-23(30)29-12-10-28(11-13-29)17-18-3-1-8-27(16-18)9-7-20-4-2-14-31-20/h2,4-6,14-15,18H,1,3,7-13,16-17H2,(H,26,30)/t18-/m1/s1. The first kappa shape index (κ1) is 22.9. The summed E-state index contributed by atoms with van der Waals surface area (Å²) in [6.45, 7) is 8.09. The van der Waals surface area contributed by atoms with Crippen molar-refractivity contribution in [1.82, 2.24) is 14.7 Å². The Bertz CT molecular complexity index is 855. The topological polar surface area (TPSA) is 38.8 Å². The van der Waals surface area contributed by atoms with Gasteiger partial charge >= 0.3 is 6.03 Å². The third-order valence-corrected chi connectivity index (χ3v) is 7.88. The van der Waals surface area contributed by atoms with Gasteiger partial charge in [-0.05, 0) is 61.4 Å². The van der Waals surface area contributed by atoms with Gasteiger partial charge in [-0.15, -0.1) is 11.3 Å². The molecule has 0 bridgehead atoms. The van der Waals surface area contributed by atoms with E-state index in [1.807, 2.05) is 16.2 Å². The van der Waals surface area contributed by atoms with Crippen molar-refractivity contribution >= 4 is 46.3 Å². The predicted octanol–water partition coefficient (Wildman–Crippen LogP) is 5.16. The second-order valence-corrected chi connectivity index (χ2v) is 10.3. The van der Waals surface area contributed by atoms with E-state index in [-0.39, 0.29) is 6.03 Å². The maximum Gasteiger partial charge on any atom is 0.321 e. The summed E-state index contributed by atoms with van der Waals surface area (Å²) in [6.07, 6.45) is 3.77. The number of likely N-dealkylation sites (tertiary alicyclic amines) is 1. The summed E-state index contributed by atoms with van der Waals surface area (Å²) in [6, 6.07) is 9.47. The Morgan fingerprint density at radius 2 is 1.90 bits per heavy atom. The molecule has 2 aliphatic heterocycles. The molecular formula is C23H30Cl2N4OS. The van der Waals surface area contributed by atoms with Crippen LogP contribution in [0.2, 0.25) is 10.0 Å². The monoisotopic (exact) mass is 480 g/mol. The maximum absolute atomic E-state index is 12.6. The Hall–Kier alpha value is -1.31. The molecule has 2 fully saturated rings. The minimum atomic E-state index is -0.0737. The molecule has 168 valence electrons. The van der Waals surface area contributed by atoms with Gasteiger partial charge in [-0.1, -0.05) is 29.3 Å². The molecule has 1 aromatic heterocycles. The van der Waals surface area contributed by atoms with Crippen molar-refractivity contribution in [3.05, 3.63) is 50.6 Å². The number of amides is 2. The van der Waals surface area contributed by atoms with E-state index in [0.717, 1.165) is 45.1 Å². The molecule has 3 heterocycles. The van der Waals surface area contributed by atoms with Gasteiger partial charge in [-0.25, -0.2) is 4.79 Å². The molecule has 31 heavy (non-hydrogen) atoms. The summed E-state index contributed by atoms with van der Waals surface area (Å²) in [5, 5.41) is 6.03. The van der Waals surface area contributed by atoms with Crippen LogP contribution in [0.15, 0.2) is 35.7 Å². The summed E-state index contributed by atoms with van der Waals surface area (Å²) in [4.78, 5) is 21.1. The number of benzene rings is 1. The molecule has 0 saturated carbocycles. The number of hydrogen-bond acceptors (Lipinski definition) is 4. The minimum absolute atomic E-state index is 0.0737. The molecular weight excluding hydrogens is 451 g/mol. The number of hydrogen-bond donors (Lipinski definition) is 1. The molecule has 2 aromatic rings. The van der Waals surface area contributed by atoms with Crippen LogP contribution in [0.1, 0.15) is 17.7 Å². The molecule has 4 rings (SSSR count). The number of halogens is 2. The van der Waals surface area contributed by atoms with Crippen molar-refractivity contribution in [2.75, 3.05) is 57.7 Å². The zero-order valence-electron chi connectivity index (χ0n) is 17.7. The van der Waals surface area contributed by atoms with Crippen LogP contribution in [0.5, 0.6) is 0 Å². The largest absolute Gasteiger partial charge is 0.322 e. The van der Waals surface area contributed by atoms with Gasteiger partial charge in [-0.2, -0.15) is 0 Å². The zero-order valence-corrected chi connectivity index (χ0v) is 20.1. The van der Waals surface area contributed by atoms with Crippen LogP contribution in [-0.2, 0) is 6.42 Å². The fourth-order valence-electron chi connectivity index (χ4n) is 4.50. The van der Waals surface area contributed by atoms with E-state index >= 15 is 0 Å². The van der Waals surface area contributed by atoms with Crippen molar-refractivity contribution in [3.63, 3.8) is 0 Å². The van der Waals surface area contributed by atoms with E-state index < -0.39 is 0 Å². The van der Waals surface area contributed by atoms with Gasteiger partial charge in [0.25, 0.3) is 0 Å². The van der Waals surface area contributed by atoms with Gasteiger partial charge < -0.3 is 15.1 Å². The average Bonchev–Trinajstić information content (AvgIpc) is 3.29. The van der Waals surface area contributed by atoms with Crippen LogP contribution in [0.4, 0.5) is 10.5 Å². The predicted molar refractivity (Wildman–Crippen MR) is 131 cm³/mol. The molecule has 2 saturated heterocycles. The van der Waals surface area contributed by atoms with Crippen LogP contribution < -0.4 is 5.32 Å². The third kappa shape index (κ3) is 6.59. The van der Waals surface area contributed by atoms with Crippen LogP contribution in [0.25, 0.3) is 0 Å². The first-order chi connectivity index (χ1) is 15.1. The molecule has 0 unspecified atom stereocenters. The molecule has 2 amide bonds. The van der Waals surface area contributed by atoms with E-state index in [2.05, 4.69) is 32.6 Å². The lowest BCUT2D eigenvalue weighted by atomic mass is 9.97. The Morgan fingerprint density at radius 1 is 1.06 bits per heavy atom. The first-order valence-electron chi connectivity index (χ1n) is 11.0. The van der Waals surface area contributed by atoms with Gasteiger partial charge in [0.2, 0.25) is 0 Å². The lowest BCUT2D eigenvalue weighted by Gasteiger charge is -2.39. The highest BCUT2D eigenvalue weighted by Gasteiger charge is 2.26. The fraction of sp³-hybridized carbons (Fsp3) is 0.522. The Balaban J connectivity index is 1.18. The molecule has 2 aliphatic rings. The van der Waals surface area contributed by atoms with Crippen molar-refractivity contribution in [3.8, 4) is 0 Å². The van der Waals surface area contributed by atoms with Gasteiger partial charge in [0.15, 0.2) is 0 Å². The Kier molecular flexibility index (Phi) is 8.13. The zero-order chi connectivity index (χ0) is 21.6. The molecule has 0 spiro atoms. The third-order valence-electron chi connectivity index (χ3n) is 6.20. The quantitative estimate of drug-likeness (QED) is 0.620. The molecule has 1 atom stereocenters. The Morgan fingerprint density at radius 3 is 2.65 bits per heavy atom. The highest BCUT2D eigenvalue weighted by atomic mass is 35.5. The normalized spacial score (nSPS) is 20.7. The van der Waals surface area contributed by atoms with E-state index in [9.17, 15) is 4.79 Å². The molecule has 1 aromatic carbocycles. The van der Waals surface area contributed by atoms with E-state index in [4.69, 9.17) is 23.2 Å². The number of thiophene rings is 1. The molecule has 0 aliphatic carbocycles. The van der Waals surface area contributed by atoms with E-state index in [0.29, 0.717) is 15.7 Å². The fourth-order valence-corrected chi connectivity index (χ4v) is 5.50. The number of carbonyl (C=O) groups excluding carboxylic acids is 1. The smallest absolute Gasteiger partial charge is 0.321 e. The highest BCUT2D eigenvalue weighted by molar-refractivity contribution is 7.09. The van der Waals surface area contributed by atoms with Gasteiger partial charge in [-0.3, -0.25) is 4.90 Å². The molecule has 0 radical (unpaired) electrons. The van der Waals surface area contributed by atoms with Crippen molar-refractivity contribution in [2.24, 2.45) is 5.92 Å². The lowest BCUT2D eigenvalue weighted by molar-refractivity contribution is 0.102. The average molecular weight is 481 g/mol. The van der Waals surface area contributed by atoms with Crippen molar-refractivity contribution in [2.45, 2.75) is 19.3 Å². The van der Waals surface area contributed by atoms with Crippen LogP contribution in [0, 0.1) is 5.92 Å². The minimum Gasteiger partial charge on any atom is -0.322 e. The molecule has 8 heteroatoms. The summed E-state index contributed by atoms with van der Waals surface area (Å²) in [7, 11) is 0. The van der Waals surface area contributed by atoms with Crippen molar-refractivity contribution < 1.29 is 4.79 Å². The van der Waals surface area contributed by atoms with Gasteiger partial charge in [0.1, 0.15) is 0 Å². The van der Waals surface area contributed by atoms with Gasteiger partial charge in [0.05, 0.1) is 10.0 Å².